The summed E-state index contributed by atoms with van der Waals surface area (Å²) >= 11 is 8.89. The minimum atomic E-state index is -0.381. The molecule has 0 saturated carbocycles. The Hall–Kier alpha value is -0.410. The van der Waals surface area contributed by atoms with E-state index in [-0.39, 0.29) is 5.82 Å². The molecule has 0 aliphatic rings. The Morgan fingerprint density at radius 1 is 1.67 bits per heavy atom. The van der Waals surface area contributed by atoms with Crippen LogP contribution in [0.4, 0.5) is 4.39 Å². The molecule has 0 aromatic carbocycles. The van der Waals surface area contributed by atoms with Crippen LogP contribution in [0, 0.1) is 5.82 Å². The number of nitrogens with zero attached hydrogens (tertiary/aromatic N) is 1. The third-order valence-electron chi connectivity index (χ3n) is 1.22. The maximum absolute atomic E-state index is 12.6. The lowest BCUT2D eigenvalue weighted by Gasteiger charge is -1.95. The lowest BCUT2D eigenvalue weighted by Crippen LogP contribution is -1.83. The van der Waals surface area contributed by atoms with Crippen LogP contribution in [0.2, 0.25) is 5.15 Å². The first-order valence-corrected chi connectivity index (χ1v) is 4.77. The van der Waals surface area contributed by atoms with Gasteiger partial charge in [-0.15, -0.1) is 0 Å². The molecule has 0 fully saturated rings. The molecule has 0 unspecified atom stereocenters. The van der Waals surface area contributed by atoms with E-state index in [1.54, 1.807) is 6.08 Å². The molecule has 0 spiro atoms. The van der Waals surface area contributed by atoms with Crippen LogP contribution >= 0.6 is 27.5 Å². The summed E-state index contributed by atoms with van der Waals surface area (Å²) in [5.74, 6) is -0.381. The van der Waals surface area contributed by atoms with Crippen molar-refractivity contribution in [2.75, 3.05) is 5.33 Å². The number of aromatic nitrogens is 1. The molecule has 1 rings (SSSR count). The van der Waals surface area contributed by atoms with Crippen molar-refractivity contribution in [3.63, 3.8) is 0 Å². The van der Waals surface area contributed by atoms with Crippen molar-refractivity contribution in [3.8, 4) is 0 Å². The Morgan fingerprint density at radius 2 is 2.42 bits per heavy atom. The molecule has 1 heterocycles. The molecule has 4 heteroatoms. The third kappa shape index (κ3) is 2.57. The number of rotatable bonds is 2. The molecule has 0 saturated heterocycles. The monoisotopic (exact) mass is 249 g/mol. The quantitative estimate of drug-likeness (QED) is 0.580. The highest BCUT2D eigenvalue weighted by Gasteiger charge is 1.98. The van der Waals surface area contributed by atoms with Gasteiger partial charge in [0.25, 0.3) is 0 Å². The van der Waals surface area contributed by atoms with E-state index >= 15 is 0 Å². The van der Waals surface area contributed by atoms with Crippen molar-refractivity contribution in [3.05, 3.63) is 34.9 Å². The summed E-state index contributed by atoms with van der Waals surface area (Å²) in [6.07, 6.45) is 4.63. The lowest BCUT2D eigenvalue weighted by atomic mass is 10.2. The van der Waals surface area contributed by atoms with Crippen LogP contribution in [0.3, 0.4) is 0 Å². The fourth-order valence-corrected chi connectivity index (χ4v) is 1.08. The summed E-state index contributed by atoms with van der Waals surface area (Å²) < 4.78 is 12.6. The molecule has 64 valence electrons. The maximum Gasteiger partial charge on any atom is 0.142 e. The van der Waals surface area contributed by atoms with Crippen LogP contribution in [0.25, 0.3) is 6.08 Å². The molecular weight excluding hydrogens is 244 g/mol. The van der Waals surface area contributed by atoms with E-state index in [9.17, 15) is 4.39 Å². The molecule has 1 aromatic heterocycles. The Morgan fingerprint density at radius 3 is 3.08 bits per heavy atom. The molecule has 12 heavy (non-hydrogen) atoms. The van der Waals surface area contributed by atoms with Crippen LogP contribution in [0.1, 0.15) is 5.56 Å². The number of hydrogen-bond acceptors (Lipinski definition) is 1. The van der Waals surface area contributed by atoms with Crippen LogP contribution < -0.4 is 0 Å². The predicted octanol–water partition coefficient (Wildman–Crippen LogP) is 3.28. The highest BCUT2D eigenvalue weighted by atomic mass is 79.9. The summed E-state index contributed by atoms with van der Waals surface area (Å²) in [5, 5.41) is 1.02. The van der Waals surface area contributed by atoms with Crippen LogP contribution in [0.15, 0.2) is 18.3 Å². The number of hydrogen-bond donors (Lipinski definition) is 0. The molecule has 0 aliphatic heterocycles. The van der Waals surface area contributed by atoms with E-state index in [0.717, 1.165) is 6.20 Å². The van der Waals surface area contributed by atoms with Gasteiger partial charge in [0, 0.05) is 10.9 Å². The van der Waals surface area contributed by atoms with Gasteiger partial charge >= 0.3 is 0 Å². The average Bonchev–Trinajstić information content (AvgIpc) is 2.07. The van der Waals surface area contributed by atoms with Crippen molar-refractivity contribution in [2.24, 2.45) is 0 Å². The van der Waals surface area contributed by atoms with Gasteiger partial charge in [0.15, 0.2) is 0 Å². The number of allylic oxidation sites excluding steroid dienone is 1. The lowest BCUT2D eigenvalue weighted by molar-refractivity contribution is 0.621. The molecule has 1 aromatic rings. The Bertz CT molecular complexity index is 301. The van der Waals surface area contributed by atoms with Gasteiger partial charge in [0.05, 0.1) is 6.20 Å². The van der Waals surface area contributed by atoms with Gasteiger partial charge in [-0.3, -0.25) is 0 Å². The normalized spacial score (nSPS) is 10.9. The van der Waals surface area contributed by atoms with E-state index in [4.69, 9.17) is 11.6 Å². The van der Waals surface area contributed by atoms with Gasteiger partial charge in [-0.2, -0.15) is 0 Å². The fourth-order valence-electron chi connectivity index (χ4n) is 0.727. The van der Waals surface area contributed by atoms with Crippen molar-refractivity contribution >= 4 is 33.6 Å². The first kappa shape index (κ1) is 9.68. The average molecular weight is 250 g/mol. The molecule has 0 amide bonds. The van der Waals surface area contributed by atoms with Crippen molar-refractivity contribution < 1.29 is 4.39 Å². The van der Waals surface area contributed by atoms with Gasteiger partial charge < -0.3 is 0 Å². The van der Waals surface area contributed by atoms with Crippen LogP contribution in [-0.4, -0.2) is 10.3 Å². The molecule has 0 aliphatic carbocycles. The fraction of sp³-hybridized carbons (Fsp3) is 0.125. The summed E-state index contributed by atoms with van der Waals surface area (Å²) in [5.41, 5.74) is 0.594. The minimum Gasteiger partial charge on any atom is -0.241 e. The molecule has 1 nitrogen and oxygen atoms in total. The van der Waals surface area contributed by atoms with Gasteiger partial charge in [0.2, 0.25) is 0 Å². The second-order valence-corrected chi connectivity index (χ2v) is 3.10. The maximum atomic E-state index is 12.6. The molecule has 0 radical (unpaired) electrons. The van der Waals surface area contributed by atoms with E-state index in [1.165, 1.54) is 6.07 Å². The second-order valence-electron chi connectivity index (χ2n) is 2.09. The van der Waals surface area contributed by atoms with Crippen LogP contribution in [-0.2, 0) is 0 Å². The summed E-state index contributed by atoms with van der Waals surface area (Å²) in [6, 6.07) is 1.34. The largest absolute Gasteiger partial charge is 0.241 e. The molecular formula is C8H6BrClFN. The molecule has 0 bridgehead atoms. The van der Waals surface area contributed by atoms with Gasteiger partial charge in [-0.1, -0.05) is 39.7 Å². The predicted molar refractivity (Wildman–Crippen MR) is 52.0 cm³/mol. The van der Waals surface area contributed by atoms with E-state index in [2.05, 4.69) is 20.9 Å². The van der Waals surface area contributed by atoms with Crippen molar-refractivity contribution in [2.45, 2.75) is 0 Å². The summed E-state index contributed by atoms with van der Waals surface area (Å²) in [4.78, 5) is 3.66. The van der Waals surface area contributed by atoms with E-state index in [1.807, 2.05) is 6.08 Å². The van der Waals surface area contributed by atoms with E-state index in [0.29, 0.717) is 16.0 Å². The molecule has 0 N–H and O–H groups in total. The van der Waals surface area contributed by atoms with Crippen molar-refractivity contribution in [1.82, 2.24) is 4.98 Å². The van der Waals surface area contributed by atoms with Crippen molar-refractivity contribution in [1.29, 1.82) is 0 Å². The summed E-state index contributed by atoms with van der Waals surface area (Å²) in [6.45, 7) is 0. The topological polar surface area (TPSA) is 12.9 Å². The number of alkyl halides is 1. The number of halogens is 3. The first-order valence-electron chi connectivity index (χ1n) is 3.27. The third-order valence-corrected chi connectivity index (χ3v) is 1.91. The zero-order valence-electron chi connectivity index (χ0n) is 6.10. The van der Waals surface area contributed by atoms with Crippen LogP contribution in [0.5, 0.6) is 0 Å². The highest BCUT2D eigenvalue weighted by molar-refractivity contribution is 9.09. The first-order chi connectivity index (χ1) is 5.74. The number of pyridine rings is 1. The standard InChI is InChI=1S/C8H6BrClFN/c9-3-1-2-6-4-7(11)5-12-8(6)10/h1-2,4-5H,3H2. The Kier molecular flexibility index (Phi) is 3.69. The molecule has 0 atom stereocenters. The zero-order valence-corrected chi connectivity index (χ0v) is 8.44. The Labute approximate surface area is 83.4 Å². The highest BCUT2D eigenvalue weighted by Crippen LogP contribution is 2.15. The second kappa shape index (κ2) is 4.58. The van der Waals surface area contributed by atoms with Gasteiger partial charge in [0.1, 0.15) is 11.0 Å². The minimum absolute atomic E-state index is 0.314. The smallest absolute Gasteiger partial charge is 0.142 e. The SMILES string of the molecule is Fc1cnc(Cl)c(C=CCBr)c1. The van der Waals surface area contributed by atoms with Gasteiger partial charge in [-0.25, -0.2) is 9.37 Å². The zero-order chi connectivity index (χ0) is 8.97. The Balaban J connectivity index is 2.97. The van der Waals surface area contributed by atoms with Gasteiger partial charge in [-0.05, 0) is 6.07 Å². The summed E-state index contributed by atoms with van der Waals surface area (Å²) in [7, 11) is 0. The van der Waals surface area contributed by atoms with E-state index < -0.39 is 0 Å².